The highest BCUT2D eigenvalue weighted by atomic mass is 35.5. The maximum atomic E-state index is 11.9. The summed E-state index contributed by atoms with van der Waals surface area (Å²) >= 11 is 5.89. The average molecular weight is 256 g/mol. The number of halogens is 1. The van der Waals surface area contributed by atoms with Crippen molar-refractivity contribution in [2.45, 2.75) is 19.4 Å². The highest BCUT2D eigenvalue weighted by Gasteiger charge is 2.17. The third-order valence-electron chi connectivity index (χ3n) is 2.30. The zero-order chi connectivity index (χ0) is 12.8. The Labute approximate surface area is 104 Å². The molecule has 0 heterocycles. The van der Waals surface area contributed by atoms with Crippen LogP contribution in [0.3, 0.4) is 0 Å². The molecule has 5 nitrogen and oxygen atoms in total. The van der Waals surface area contributed by atoms with Crippen LogP contribution < -0.4 is 11.1 Å². The first-order valence-corrected chi connectivity index (χ1v) is 5.50. The predicted molar refractivity (Wildman–Crippen MR) is 66.4 cm³/mol. The number of hydrogen-bond donors (Lipinski definition) is 3. The third-order valence-corrected chi connectivity index (χ3v) is 2.63. The molecule has 0 aliphatic carbocycles. The summed E-state index contributed by atoms with van der Waals surface area (Å²) in [6, 6.07) is 6.17. The summed E-state index contributed by atoms with van der Waals surface area (Å²) < 4.78 is 0. The van der Waals surface area contributed by atoms with Gasteiger partial charge in [-0.2, -0.15) is 0 Å². The second-order valence-electron chi connectivity index (χ2n) is 3.44. The van der Waals surface area contributed by atoms with Crippen molar-refractivity contribution in [2.24, 2.45) is 10.9 Å². The van der Waals surface area contributed by atoms with E-state index >= 15 is 0 Å². The van der Waals surface area contributed by atoms with Crippen LogP contribution >= 0.6 is 11.6 Å². The van der Waals surface area contributed by atoms with Crippen LogP contribution in [0.2, 0.25) is 5.02 Å². The monoisotopic (exact) mass is 255 g/mol. The van der Waals surface area contributed by atoms with Crippen LogP contribution in [0, 0.1) is 0 Å². The first-order chi connectivity index (χ1) is 8.10. The Morgan fingerprint density at radius 1 is 1.59 bits per heavy atom. The van der Waals surface area contributed by atoms with Gasteiger partial charge in [0.25, 0.3) is 5.91 Å². The average Bonchev–Trinajstić information content (AvgIpc) is 2.35. The van der Waals surface area contributed by atoms with E-state index in [2.05, 4.69) is 10.5 Å². The van der Waals surface area contributed by atoms with Crippen LogP contribution in [0.5, 0.6) is 0 Å². The van der Waals surface area contributed by atoms with Gasteiger partial charge in [0.05, 0.1) is 16.6 Å². The number of amidine groups is 1. The Morgan fingerprint density at radius 2 is 2.24 bits per heavy atom. The van der Waals surface area contributed by atoms with Gasteiger partial charge < -0.3 is 16.3 Å². The molecule has 0 bridgehead atoms. The van der Waals surface area contributed by atoms with E-state index in [0.29, 0.717) is 17.0 Å². The van der Waals surface area contributed by atoms with Crippen molar-refractivity contribution in [1.29, 1.82) is 0 Å². The van der Waals surface area contributed by atoms with Crippen molar-refractivity contribution in [3.05, 3.63) is 34.9 Å². The molecule has 1 atom stereocenters. The standard InChI is InChI=1S/C11H14ClN3O2/c1-2-9(10(13)15-17)14-11(16)7-5-3-4-6-8(7)12/h3-6,9,17H,2H2,1H3,(H2,13,15)(H,14,16). The zero-order valence-electron chi connectivity index (χ0n) is 9.35. The van der Waals surface area contributed by atoms with Crippen LogP contribution in [0.1, 0.15) is 23.7 Å². The van der Waals surface area contributed by atoms with Gasteiger partial charge in [-0.1, -0.05) is 35.8 Å². The summed E-state index contributed by atoms with van der Waals surface area (Å²) in [5, 5.41) is 14.4. The summed E-state index contributed by atoms with van der Waals surface area (Å²) in [6.45, 7) is 1.82. The molecular formula is C11H14ClN3O2. The van der Waals surface area contributed by atoms with Gasteiger partial charge in [0.15, 0.2) is 5.84 Å². The Balaban J connectivity index is 2.82. The smallest absolute Gasteiger partial charge is 0.253 e. The Hall–Kier alpha value is -1.75. The quantitative estimate of drug-likeness (QED) is 0.330. The molecule has 0 spiro atoms. The number of amides is 1. The number of benzene rings is 1. The Bertz CT molecular complexity index is 434. The number of hydrogen-bond acceptors (Lipinski definition) is 3. The van der Waals surface area contributed by atoms with E-state index in [1.807, 2.05) is 6.92 Å². The third kappa shape index (κ3) is 3.35. The molecule has 0 saturated carbocycles. The van der Waals surface area contributed by atoms with Crippen LogP contribution in [0.25, 0.3) is 0 Å². The minimum atomic E-state index is -0.510. The molecule has 0 saturated heterocycles. The molecule has 0 fully saturated rings. The van der Waals surface area contributed by atoms with Crippen LogP contribution in [0.4, 0.5) is 0 Å². The number of nitrogens with one attached hydrogen (secondary N) is 1. The normalized spacial score (nSPS) is 13.2. The molecule has 6 heteroatoms. The maximum Gasteiger partial charge on any atom is 0.253 e. The first kappa shape index (κ1) is 13.3. The van der Waals surface area contributed by atoms with E-state index in [4.69, 9.17) is 22.5 Å². The second kappa shape index (κ2) is 6.10. The van der Waals surface area contributed by atoms with E-state index in [-0.39, 0.29) is 11.7 Å². The lowest BCUT2D eigenvalue weighted by molar-refractivity contribution is 0.0945. The van der Waals surface area contributed by atoms with Crippen molar-refractivity contribution < 1.29 is 10.0 Å². The second-order valence-corrected chi connectivity index (χ2v) is 3.85. The van der Waals surface area contributed by atoms with Crippen LogP contribution in [-0.2, 0) is 0 Å². The number of nitrogens with two attached hydrogens (primary N) is 1. The number of carbonyl (C=O) groups excluding carboxylic acids is 1. The summed E-state index contributed by atoms with van der Waals surface area (Å²) in [4.78, 5) is 11.9. The van der Waals surface area contributed by atoms with E-state index in [0.717, 1.165) is 0 Å². The molecule has 92 valence electrons. The highest BCUT2D eigenvalue weighted by Crippen LogP contribution is 2.14. The molecule has 1 aromatic rings. The van der Waals surface area contributed by atoms with E-state index in [1.165, 1.54) is 0 Å². The number of carbonyl (C=O) groups is 1. The number of nitrogens with zero attached hydrogens (tertiary/aromatic N) is 1. The van der Waals surface area contributed by atoms with Crippen molar-refractivity contribution in [3.63, 3.8) is 0 Å². The summed E-state index contributed by atoms with van der Waals surface area (Å²) in [6.07, 6.45) is 0.520. The molecule has 0 aromatic heterocycles. The topological polar surface area (TPSA) is 87.7 Å². The molecule has 4 N–H and O–H groups in total. The lowest BCUT2D eigenvalue weighted by Gasteiger charge is -2.15. The molecule has 1 unspecified atom stereocenters. The van der Waals surface area contributed by atoms with E-state index in [9.17, 15) is 4.79 Å². The first-order valence-electron chi connectivity index (χ1n) is 5.13. The van der Waals surface area contributed by atoms with Gasteiger partial charge >= 0.3 is 0 Å². The molecule has 0 aliphatic rings. The summed E-state index contributed by atoms with van der Waals surface area (Å²) in [5.74, 6) is -0.387. The molecule has 17 heavy (non-hydrogen) atoms. The minimum Gasteiger partial charge on any atom is -0.409 e. The molecule has 1 rings (SSSR count). The van der Waals surface area contributed by atoms with Gasteiger partial charge in [0.2, 0.25) is 0 Å². The predicted octanol–water partition coefficient (Wildman–Crippen LogP) is 1.59. The van der Waals surface area contributed by atoms with E-state index in [1.54, 1.807) is 24.3 Å². The highest BCUT2D eigenvalue weighted by molar-refractivity contribution is 6.33. The number of oxime groups is 1. The largest absolute Gasteiger partial charge is 0.409 e. The van der Waals surface area contributed by atoms with Gasteiger partial charge in [-0.3, -0.25) is 4.79 Å². The molecule has 1 amide bonds. The SMILES string of the molecule is CCC(NC(=O)c1ccccc1Cl)/C(N)=N/O. The molecule has 0 aliphatic heterocycles. The van der Waals surface area contributed by atoms with Crippen molar-refractivity contribution in [3.8, 4) is 0 Å². The van der Waals surface area contributed by atoms with E-state index < -0.39 is 6.04 Å². The molecule has 0 radical (unpaired) electrons. The van der Waals surface area contributed by atoms with Gasteiger partial charge in [-0.25, -0.2) is 0 Å². The number of rotatable bonds is 4. The van der Waals surface area contributed by atoms with Crippen LogP contribution in [-0.4, -0.2) is 23.0 Å². The van der Waals surface area contributed by atoms with Gasteiger partial charge in [-0.05, 0) is 18.6 Å². The Morgan fingerprint density at radius 3 is 2.76 bits per heavy atom. The summed E-state index contributed by atoms with van der Waals surface area (Å²) in [5.41, 5.74) is 5.80. The summed E-state index contributed by atoms with van der Waals surface area (Å²) in [7, 11) is 0. The van der Waals surface area contributed by atoms with Gasteiger partial charge in [0.1, 0.15) is 0 Å². The lowest BCUT2D eigenvalue weighted by Crippen LogP contribution is -2.44. The van der Waals surface area contributed by atoms with Crippen molar-refractivity contribution >= 4 is 23.3 Å². The Kier molecular flexibility index (Phi) is 4.78. The van der Waals surface area contributed by atoms with Crippen molar-refractivity contribution in [2.75, 3.05) is 0 Å². The lowest BCUT2D eigenvalue weighted by atomic mass is 10.1. The molecule has 1 aromatic carbocycles. The van der Waals surface area contributed by atoms with Crippen LogP contribution in [0.15, 0.2) is 29.4 Å². The fourth-order valence-corrected chi connectivity index (χ4v) is 1.56. The van der Waals surface area contributed by atoms with Gasteiger partial charge in [0, 0.05) is 0 Å². The van der Waals surface area contributed by atoms with Gasteiger partial charge in [-0.15, -0.1) is 0 Å². The molecular weight excluding hydrogens is 242 g/mol. The fourth-order valence-electron chi connectivity index (χ4n) is 1.34. The van der Waals surface area contributed by atoms with Crippen molar-refractivity contribution in [1.82, 2.24) is 5.32 Å². The minimum absolute atomic E-state index is 0.0343. The zero-order valence-corrected chi connectivity index (χ0v) is 10.1. The maximum absolute atomic E-state index is 11.9. The fraction of sp³-hybridized carbons (Fsp3) is 0.273.